The SMILES string of the molecule is CN(C)C=C1CCN(Cc2ccccc2)C(C)(C)C1=O. The van der Waals surface area contributed by atoms with Crippen LogP contribution in [0.3, 0.4) is 0 Å². The molecule has 1 aromatic carbocycles. The third-order valence-electron chi connectivity index (χ3n) is 3.92. The highest BCUT2D eigenvalue weighted by atomic mass is 16.1. The molecule has 0 unspecified atom stereocenters. The van der Waals surface area contributed by atoms with Gasteiger partial charge < -0.3 is 4.90 Å². The topological polar surface area (TPSA) is 23.6 Å². The predicted molar refractivity (Wildman–Crippen MR) is 82.3 cm³/mol. The van der Waals surface area contributed by atoms with Gasteiger partial charge in [-0.2, -0.15) is 0 Å². The summed E-state index contributed by atoms with van der Waals surface area (Å²) in [5.41, 5.74) is 1.76. The Labute approximate surface area is 121 Å². The second-order valence-corrected chi connectivity index (χ2v) is 6.16. The quantitative estimate of drug-likeness (QED) is 0.790. The fourth-order valence-corrected chi connectivity index (χ4v) is 2.70. The highest BCUT2D eigenvalue weighted by Crippen LogP contribution is 2.29. The molecule has 2 rings (SSSR count). The van der Waals surface area contributed by atoms with Gasteiger partial charge in [-0.1, -0.05) is 30.3 Å². The van der Waals surface area contributed by atoms with Crippen LogP contribution in [0.2, 0.25) is 0 Å². The molecule has 0 spiro atoms. The maximum absolute atomic E-state index is 12.6. The number of ketones is 1. The molecule has 0 saturated carbocycles. The molecule has 3 heteroatoms. The Morgan fingerprint density at radius 1 is 1.25 bits per heavy atom. The largest absolute Gasteiger partial charge is 0.383 e. The van der Waals surface area contributed by atoms with Crippen LogP contribution in [0.15, 0.2) is 42.1 Å². The minimum absolute atomic E-state index is 0.244. The molecular formula is C17H24N2O. The van der Waals surface area contributed by atoms with Gasteiger partial charge in [0.05, 0.1) is 5.54 Å². The summed E-state index contributed by atoms with van der Waals surface area (Å²) in [6.45, 7) is 5.81. The third kappa shape index (κ3) is 3.10. The number of piperidine rings is 1. The van der Waals surface area contributed by atoms with Crippen LogP contribution in [-0.2, 0) is 11.3 Å². The van der Waals surface area contributed by atoms with Crippen molar-refractivity contribution in [3.63, 3.8) is 0 Å². The standard InChI is InChI=1S/C17H24N2O/c1-17(2)16(20)15(13-18(3)4)10-11-19(17)12-14-8-6-5-7-9-14/h5-9,13H,10-12H2,1-4H3. The van der Waals surface area contributed by atoms with Gasteiger partial charge in [0.1, 0.15) is 0 Å². The molecule has 1 aliphatic heterocycles. The molecule has 1 heterocycles. The number of hydrogen-bond donors (Lipinski definition) is 0. The number of nitrogens with zero attached hydrogens (tertiary/aromatic N) is 2. The lowest BCUT2D eigenvalue weighted by molar-refractivity contribution is -0.128. The fraction of sp³-hybridized carbons (Fsp3) is 0.471. The van der Waals surface area contributed by atoms with Crippen LogP contribution in [0.5, 0.6) is 0 Å². The summed E-state index contributed by atoms with van der Waals surface area (Å²) in [5, 5.41) is 0. The van der Waals surface area contributed by atoms with Gasteiger partial charge in [-0.3, -0.25) is 9.69 Å². The Kier molecular flexibility index (Phi) is 4.29. The number of benzene rings is 1. The Hall–Kier alpha value is -1.61. The first kappa shape index (κ1) is 14.8. The monoisotopic (exact) mass is 272 g/mol. The van der Waals surface area contributed by atoms with Gasteiger partial charge in [0.2, 0.25) is 0 Å². The molecule has 0 radical (unpaired) electrons. The van der Waals surface area contributed by atoms with Crippen LogP contribution in [0, 0.1) is 0 Å². The van der Waals surface area contributed by atoms with Gasteiger partial charge in [0.15, 0.2) is 5.78 Å². The molecule has 0 aromatic heterocycles. The van der Waals surface area contributed by atoms with Crippen LogP contribution in [0.1, 0.15) is 25.8 Å². The second kappa shape index (κ2) is 5.80. The van der Waals surface area contributed by atoms with E-state index in [1.807, 2.05) is 57.2 Å². The number of hydrogen-bond acceptors (Lipinski definition) is 3. The van der Waals surface area contributed by atoms with Crippen LogP contribution in [0.25, 0.3) is 0 Å². The Morgan fingerprint density at radius 3 is 2.50 bits per heavy atom. The molecule has 20 heavy (non-hydrogen) atoms. The van der Waals surface area contributed by atoms with Gasteiger partial charge in [0, 0.05) is 39.0 Å². The molecule has 3 nitrogen and oxygen atoms in total. The van der Waals surface area contributed by atoms with Crippen LogP contribution in [0.4, 0.5) is 0 Å². The zero-order valence-corrected chi connectivity index (χ0v) is 12.9. The lowest BCUT2D eigenvalue weighted by atomic mass is 9.85. The normalized spacial score (nSPS) is 21.2. The number of carbonyl (C=O) groups excluding carboxylic acids is 1. The number of likely N-dealkylation sites (tertiary alicyclic amines) is 1. The summed E-state index contributed by atoms with van der Waals surface area (Å²) in [6, 6.07) is 10.3. The summed E-state index contributed by atoms with van der Waals surface area (Å²) in [5.74, 6) is 0.244. The van der Waals surface area contributed by atoms with Crippen molar-refractivity contribution in [2.24, 2.45) is 0 Å². The average molecular weight is 272 g/mol. The molecule has 0 atom stereocenters. The van der Waals surface area contributed by atoms with E-state index in [1.54, 1.807) is 0 Å². The smallest absolute Gasteiger partial charge is 0.179 e. The first-order valence-electron chi connectivity index (χ1n) is 7.12. The predicted octanol–water partition coefficient (Wildman–Crippen LogP) is 2.69. The van der Waals surface area contributed by atoms with E-state index >= 15 is 0 Å². The minimum Gasteiger partial charge on any atom is -0.383 e. The van der Waals surface area contributed by atoms with E-state index in [2.05, 4.69) is 17.0 Å². The van der Waals surface area contributed by atoms with Crippen molar-refractivity contribution < 1.29 is 4.79 Å². The Balaban J connectivity index is 2.17. The van der Waals surface area contributed by atoms with E-state index in [0.717, 1.165) is 25.1 Å². The summed E-state index contributed by atoms with van der Waals surface area (Å²) >= 11 is 0. The maximum Gasteiger partial charge on any atom is 0.179 e. The van der Waals surface area contributed by atoms with E-state index in [1.165, 1.54) is 5.56 Å². The summed E-state index contributed by atoms with van der Waals surface area (Å²) in [6.07, 6.45) is 2.79. The zero-order chi connectivity index (χ0) is 14.8. The van der Waals surface area contributed by atoms with Gasteiger partial charge in [0.25, 0.3) is 0 Å². The molecule has 0 N–H and O–H groups in total. The summed E-state index contributed by atoms with van der Waals surface area (Å²) < 4.78 is 0. The highest BCUT2D eigenvalue weighted by Gasteiger charge is 2.39. The fourth-order valence-electron chi connectivity index (χ4n) is 2.70. The van der Waals surface area contributed by atoms with Crippen LogP contribution in [-0.4, -0.2) is 41.8 Å². The maximum atomic E-state index is 12.6. The molecule has 0 amide bonds. The van der Waals surface area contributed by atoms with Crippen molar-refractivity contribution in [1.29, 1.82) is 0 Å². The van der Waals surface area contributed by atoms with Gasteiger partial charge in [-0.15, -0.1) is 0 Å². The minimum atomic E-state index is -0.435. The van der Waals surface area contributed by atoms with Crippen molar-refractivity contribution in [1.82, 2.24) is 9.80 Å². The molecule has 1 saturated heterocycles. The second-order valence-electron chi connectivity index (χ2n) is 6.16. The Bertz CT molecular complexity index is 503. The summed E-state index contributed by atoms with van der Waals surface area (Å²) in [4.78, 5) is 16.9. The number of carbonyl (C=O) groups is 1. The molecule has 108 valence electrons. The highest BCUT2D eigenvalue weighted by molar-refractivity contribution is 6.02. The molecule has 1 aliphatic rings. The van der Waals surface area contributed by atoms with Crippen LogP contribution < -0.4 is 0 Å². The molecule has 0 aliphatic carbocycles. The summed E-state index contributed by atoms with van der Waals surface area (Å²) in [7, 11) is 3.92. The number of rotatable bonds is 3. The average Bonchev–Trinajstić information content (AvgIpc) is 2.40. The zero-order valence-electron chi connectivity index (χ0n) is 12.9. The van der Waals surface area contributed by atoms with Crippen molar-refractivity contribution in [3.05, 3.63) is 47.7 Å². The van der Waals surface area contributed by atoms with Crippen molar-refractivity contribution in [2.75, 3.05) is 20.6 Å². The molecular weight excluding hydrogens is 248 g/mol. The van der Waals surface area contributed by atoms with Gasteiger partial charge in [-0.25, -0.2) is 0 Å². The molecule has 1 aromatic rings. The van der Waals surface area contributed by atoms with E-state index in [0.29, 0.717) is 0 Å². The van der Waals surface area contributed by atoms with Crippen LogP contribution >= 0.6 is 0 Å². The molecule has 1 fully saturated rings. The third-order valence-corrected chi connectivity index (χ3v) is 3.92. The van der Waals surface area contributed by atoms with Gasteiger partial charge >= 0.3 is 0 Å². The van der Waals surface area contributed by atoms with E-state index in [9.17, 15) is 4.79 Å². The lowest BCUT2D eigenvalue weighted by Crippen LogP contribution is -2.54. The van der Waals surface area contributed by atoms with Crippen molar-refractivity contribution >= 4 is 5.78 Å². The van der Waals surface area contributed by atoms with Crippen molar-refractivity contribution in [3.8, 4) is 0 Å². The first-order valence-corrected chi connectivity index (χ1v) is 7.12. The van der Waals surface area contributed by atoms with E-state index in [4.69, 9.17) is 0 Å². The van der Waals surface area contributed by atoms with Crippen molar-refractivity contribution in [2.45, 2.75) is 32.4 Å². The van der Waals surface area contributed by atoms with Gasteiger partial charge in [-0.05, 0) is 25.8 Å². The molecule has 0 bridgehead atoms. The lowest BCUT2D eigenvalue weighted by Gasteiger charge is -2.42. The number of Topliss-reactive ketones (excluding diaryl/α,β-unsaturated/α-hetero) is 1. The first-order chi connectivity index (χ1) is 9.41. The Morgan fingerprint density at radius 2 is 1.90 bits per heavy atom. The van der Waals surface area contributed by atoms with E-state index < -0.39 is 5.54 Å². The van der Waals surface area contributed by atoms with E-state index in [-0.39, 0.29) is 5.78 Å².